The molecule has 164 valence electrons. The number of hydrogen-bond donors (Lipinski definition) is 0. The lowest BCUT2D eigenvalue weighted by Gasteiger charge is -2.31. The van der Waals surface area contributed by atoms with Crippen molar-refractivity contribution in [2.75, 3.05) is 0 Å². The highest BCUT2D eigenvalue weighted by atomic mass is 19.1. The largest absolute Gasteiger partial charge is 0.486 e. The van der Waals surface area contributed by atoms with Gasteiger partial charge in [-0.05, 0) is 70.7 Å². The first-order valence-corrected chi connectivity index (χ1v) is 10.3. The molecular weight excluding hydrogens is 375 g/mol. The molecule has 0 aliphatic carbocycles. The Morgan fingerprint density at radius 2 is 1.59 bits per heavy atom. The van der Waals surface area contributed by atoms with Crippen molar-refractivity contribution >= 4 is 11.9 Å². The van der Waals surface area contributed by atoms with Crippen molar-refractivity contribution in [3.63, 3.8) is 0 Å². The van der Waals surface area contributed by atoms with Gasteiger partial charge in [0.05, 0.1) is 12.3 Å². The summed E-state index contributed by atoms with van der Waals surface area (Å²) in [6, 6.07) is 5.78. The predicted molar refractivity (Wildman–Crippen MR) is 110 cm³/mol. The molecule has 0 heterocycles. The second-order valence-electron chi connectivity index (χ2n) is 8.45. The molecule has 1 aromatic carbocycles. The van der Waals surface area contributed by atoms with Crippen LogP contribution in [0.4, 0.5) is 4.39 Å². The lowest BCUT2D eigenvalue weighted by molar-refractivity contribution is -0.166. The molecule has 5 nitrogen and oxygen atoms in total. The maximum atomic E-state index is 13.2. The Labute approximate surface area is 173 Å². The van der Waals surface area contributed by atoms with Crippen LogP contribution in [-0.2, 0) is 19.1 Å². The van der Waals surface area contributed by atoms with E-state index in [1.165, 1.54) is 12.1 Å². The highest BCUT2D eigenvalue weighted by molar-refractivity contribution is 5.79. The standard InChI is InChI=1S/C23H35FO5/c1-8-17(9-2)21(28-19-12-10-18(24)11-13-19)16(4)27-22(26)15(3)14-20(25)29-23(5,6)7/h10-13,15-17,21H,8-9,14H2,1-7H3/t15-,16+,21+/m1/s1. The van der Waals surface area contributed by atoms with Gasteiger partial charge in [-0.2, -0.15) is 0 Å². The van der Waals surface area contributed by atoms with Crippen molar-refractivity contribution in [3.8, 4) is 5.75 Å². The summed E-state index contributed by atoms with van der Waals surface area (Å²) in [5.74, 6) is -1.19. The van der Waals surface area contributed by atoms with Crippen LogP contribution in [0.15, 0.2) is 24.3 Å². The van der Waals surface area contributed by atoms with Gasteiger partial charge in [0.15, 0.2) is 0 Å². The molecule has 29 heavy (non-hydrogen) atoms. The van der Waals surface area contributed by atoms with Crippen LogP contribution in [0.3, 0.4) is 0 Å². The van der Waals surface area contributed by atoms with E-state index < -0.39 is 29.6 Å². The fraction of sp³-hybridized carbons (Fsp3) is 0.652. The molecule has 0 aliphatic rings. The summed E-state index contributed by atoms with van der Waals surface area (Å²) in [4.78, 5) is 24.5. The summed E-state index contributed by atoms with van der Waals surface area (Å²) < 4.78 is 30.2. The van der Waals surface area contributed by atoms with Crippen LogP contribution in [0.2, 0.25) is 0 Å². The van der Waals surface area contributed by atoms with Gasteiger partial charge in [-0.15, -0.1) is 0 Å². The van der Waals surface area contributed by atoms with Crippen LogP contribution < -0.4 is 4.74 Å². The van der Waals surface area contributed by atoms with E-state index in [1.54, 1.807) is 46.8 Å². The van der Waals surface area contributed by atoms with Crippen molar-refractivity contribution in [3.05, 3.63) is 30.1 Å². The van der Waals surface area contributed by atoms with Gasteiger partial charge in [-0.1, -0.05) is 20.8 Å². The topological polar surface area (TPSA) is 61.8 Å². The highest BCUT2D eigenvalue weighted by Crippen LogP contribution is 2.25. The summed E-state index contributed by atoms with van der Waals surface area (Å²) in [7, 11) is 0. The number of halogens is 1. The zero-order valence-electron chi connectivity index (χ0n) is 18.7. The van der Waals surface area contributed by atoms with Crippen molar-refractivity contribution in [1.82, 2.24) is 0 Å². The van der Waals surface area contributed by atoms with Gasteiger partial charge in [-0.25, -0.2) is 4.39 Å². The number of hydrogen-bond acceptors (Lipinski definition) is 5. The zero-order chi connectivity index (χ0) is 22.2. The summed E-state index contributed by atoms with van der Waals surface area (Å²) in [5, 5.41) is 0. The molecule has 0 aromatic heterocycles. The average Bonchev–Trinajstić information content (AvgIpc) is 2.61. The van der Waals surface area contributed by atoms with Crippen LogP contribution in [0.25, 0.3) is 0 Å². The van der Waals surface area contributed by atoms with E-state index in [2.05, 4.69) is 13.8 Å². The minimum absolute atomic E-state index is 0.0444. The highest BCUT2D eigenvalue weighted by Gasteiger charge is 2.31. The molecule has 0 fully saturated rings. The van der Waals surface area contributed by atoms with Gasteiger partial charge < -0.3 is 14.2 Å². The first-order valence-electron chi connectivity index (χ1n) is 10.3. The molecule has 1 rings (SSSR count). The second kappa shape index (κ2) is 11.2. The Balaban J connectivity index is 2.79. The number of benzene rings is 1. The van der Waals surface area contributed by atoms with Gasteiger partial charge in [0.25, 0.3) is 0 Å². The monoisotopic (exact) mass is 410 g/mol. The van der Waals surface area contributed by atoms with Crippen molar-refractivity contribution in [1.29, 1.82) is 0 Å². The van der Waals surface area contributed by atoms with Crippen molar-refractivity contribution in [2.45, 2.75) is 85.5 Å². The Kier molecular flexibility index (Phi) is 9.60. The zero-order valence-corrected chi connectivity index (χ0v) is 18.7. The first-order chi connectivity index (χ1) is 13.5. The Hall–Kier alpha value is -2.11. The fourth-order valence-electron chi connectivity index (χ4n) is 3.08. The summed E-state index contributed by atoms with van der Waals surface area (Å²) >= 11 is 0. The molecule has 0 aliphatic heterocycles. The summed E-state index contributed by atoms with van der Waals surface area (Å²) in [6.45, 7) is 12.9. The minimum Gasteiger partial charge on any atom is -0.486 e. The number of carbonyl (C=O) groups is 2. The lowest BCUT2D eigenvalue weighted by Crippen LogP contribution is -2.40. The van der Waals surface area contributed by atoms with Gasteiger partial charge in [0, 0.05) is 0 Å². The molecule has 0 spiro atoms. The van der Waals surface area contributed by atoms with E-state index in [9.17, 15) is 14.0 Å². The molecule has 0 saturated carbocycles. The quantitative estimate of drug-likeness (QED) is 0.489. The first kappa shape index (κ1) is 24.9. The van der Waals surface area contributed by atoms with E-state index in [0.717, 1.165) is 12.8 Å². The lowest BCUT2D eigenvalue weighted by atomic mass is 9.93. The van der Waals surface area contributed by atoms with Crippen molar-refractivity contribution in [2.24, 2.45) is 11.8 Å². The van der Waals surface area contributed by atoms with Crippen molar-refractivity contribution < 1.29 is 28.2 Å². The van der Waals surface area contributed by atoms with Crippen LogP contribution in [-0.4, -0.2) is 29.7 Å². The molecule has 3 atom stereocenters. The minimum atomic E-state index is -0.625. The maximum absolute atomic E-state index is 13.2. The molecule has 6 heteroatoms. The number of ether oxygens (including phenoxy) is 3. The third-order valence-corrected chi connectivity index (χ3v) is 4.66. The van der Waals surface area contributed by atoms with Gasteiger partial charge >= 0.3 is 11.9 Å². The SMILES string of the molecule is CCC(CC)[C@@H](Oc1ccc(F)cc1)[C@H](C)OC(=O)[C@H](C)CC(=O)OC(C)(C)C. The molecular formula is C23H35FO5. The smallest absolute Gasteiger partial charge is 0.309 e. The van der Waals surface area contributed by atoms with Crippen LogP contribution in [0.1, 0.15) is 67.7 Å². The van der Waals surface area contributed by atoms with Crippen LogP contribution in [0, 0.1) is 17.7 Å². The van der Waals surface area contributed by atoms with Crippen LogP contribution in [0.5, 0.6) is 5.75 Å². The molecule has 0 saturated heterocycles. The van der Waals surface area contributed by atoms with Gasteiger partial charge in [-0.3, -0.25) is 9.59 Å². The molecule has 0 N–H and O–H groups in total. The van der Waals surface area contributed by atoms with Gasteiger partial charge in [0.1, 0.15) is 29.4 Å². The third kappa shape index (κ3) is 8.84. The predicted octanol–water partition coefficient (Wildman–Crippen LogP) is 5.31. The molecule has 0 bridgehead atoms. The Morgan fingerprint density at radius 3 is 2.07 bits per heavy atom. The van der Waals surface area contributed by atoms with E-state index in [0.29, 0.717) is 5.75 Å². The Morgan fingerprint density at radius 1 is 1.03 bits per heavy atom. The summed E-state index contributed by atoms with van der Waals surface area (Å²) in [5.41, 5.74) is -0.600. The normalized spacial score (nSPS) is 14.8. The van der Waals surface area contributed by atoms with E-state index >= 15 is 0 Å². The second-order valence-corrected chi connectivity index (χ2v) is 8.45. The fourth-order valence-corrected chi connectivity index (χ4v) is 3.08. The molecule has 0 unspecified atom stereocenters. The Bertz CT molecular complexity index is 646. The number of carbonyl (C=O) groups excluding carboxylic acids is 2. The van der Waals surface area contributed by atoms with Crippen LogP contribution >= 0.6 is 0 Å². The molecule has 0 amide bonds. The van der Waals surface area contributed by atoms with E-state index in [4.69, 9.17) is 14.2 Å². The molecule has 0 radical (unpaired) electrons. The van der Waals surface area contributed by atoms with E-state index in [1.807, 2.05) is 0 Å². The third-order valence-electron chi connectivity index (χ3n) is 4.66. The number of rotatable bonds is 10. The summed E-state index contributed by atoms with van der Waals surface area (Å²) in [6.07, 6.45) is 0.735. The average molecular weight is 411 g/mol. The molecule has 1 aromatic rings. The van der Waals surface area contributed by atoms with E-state index in [-0.39, 0.29) is 24.3 Å². The van der Waals surface area contributed by atoms with Gasteiger partial charge in [0.2, 0.25) is 0 Å². The maximum Gasteiger partial charge on any atom is 0.309 e. The number of esters is 2.